The molecule has 0 aliphatic heterocycles. The number of methoxy groups -OCH3 is 1. The van der Waals surface area contributed by atoms with Gasteiger partial charge in [0.15, 0.2) is 0 Å². The number of hydrogen-bond acceptors (Lipinski definition) is 4. The average Bonchev–Trinajstić information content (AvgIpc) is 2.06. The monoisotopic (exact) mass is 152 g/mol. The van der Waals surface area contributed by atoms with E-state index in [4.69, 9.17) is 4.74 Å². The van der Waals surface area contributed by atoms with Crippen molar-refractivity contribution in [3.05, 3.63) is 18.1 Å². The van der Waals surface area contributed by atoms with Crippen LogP contribution >= 0.6 is 0 Å². The zero-order valence-corrected chi connectivity index (χ0v) is 6.15. The number of carbonyl (C=O) groups is 1. The third-order valence-corrected chi connectivity index (χ3v) is 1.16. The molecule has 0 unspecified atom stereocenters. The maximum atomic E-state index is 10.1. The molecule has 0 bridgehead atoms. The van der Waals surface area contributed by atoms with Crippen molar-refractivity contribution in [3.63, 3.8) is 0 Å². The minimum Gasteiger partial charge on any atom is -0.480 e. The summed E-state index contributed by atoms with van der Waals surface area (Å²) in [6, 6.07) is 0. The molecule has 4 heteroatoms. The van der Waals surface area contributed by atoms with Crippen LogP contribution in [0.3, 0.4) is 0 Å². The first-order valence-electron chi connectivity index (χ1n) is 3.15. The van der Waals surface area contributed by atoms with E-state index in [0.717, 1.165) is 6.29 Å². The molecule has 0 aliphatic rings. The number of hydrogen-bond donors (Lipinski definition) is 0. The van der Waals surface area contributed by atoms with Crippen molar-refractivity contribution in [2.75, 3.05) is 7.11 Å². The summed E-state index contributed by atoms with van der Waals surface area (Å²) in [5, 5.41) is 0. The van der Waals surface area contributed by atoms with Gasteiger partial charge in [0.25, 0.3) is 0 Å². The molecule has 0 atom stereocenters. The van der Waals surface area contributed by atoms with Crippen LogP contribution in [0.15, 0.2) is 12.4 Å². The summed E-state index contributed by atoms with van der Waals surface area (Å²) in [5.41, 5.74) is 0.624. The van der Waals surface area contributed by atoms with Gasteiger partial charge in [-0.1, -0.05) is 0 Å². The predicted octanol–water partition coefficient (Wildman–Crippen LogP) is 0.227. The van der Waals surface area contributed by atoms with Crippen LogP contribution in [0.5, 0.6) is 5.88 Å². The lowest BCUT2D eigenvalue weighted by Crippen LogP contribution is -1.95. The Kier molecular flexibility index (Phi) is 2.54. The maximum Gasteiger partial charge on any atom is 0.232 e. The highest BCUT2D eigenvalue weighted by Crippen LogP contribution is 2.02. The van der Waals surface area contributed by atoms with Crippen LogP contribution in [0, 0.1) is 0 Å². The maximum absolute atomic E-state index is 10.1. The van der Waals surface area contributed by atoms with E-state index >= 15 is 0 Å². The molecular weight excluding hydrogens is 144 g/mol. The Bertz CT molecular complexity index is 250. The van der Waals surface area contributed by atoms with Gasteiger partial charge in [0.1, 0.15) is 6.29 Å². The van der Waals surface area contributed by atoms with Crippen molar-refractivity contribution in [3.8, 4) is 5.88 Å². The van der Waals surface area contributed by atoms with Gasteiger partial charge in [-0.3, -0.25) is 4.98 Å². The molecule has 58 valence electrons. The second-order valence-corrected chi connectivity index (χ2v) is 1.92. The van der Waals surface area contributed by atoms with Crippen molar-refractivity contribution in [2.45, 2.75) is 6.42 Å². The first-order chi connectivity index (χ1) is 5.36. The molecule has 0 saturated heterocycles. The molecule has 0 fully saturated rings. The Morgan fingerprint density at radius 1 is 1.64 bits per heavy atom. The van der Waals surface area contributed by atoms with Gasteiger partial charge in [-0.05, 0) is 0 Å². The van der Waals surface area contributed by atoms with E-state index in [0.29, 0.717) is 11.6 Å². The molecule has 0 amide bonds. The fourth-order valence-corrected chi connectivity index (χ4v) is 0.668. The van der Waals surface area contributed by atoms with E-state index < -0.39 is 0 Å². The molecule has 11 heavy (non-hydrogen) atoms. The Morgan fingerprint density at radius 3 is 3.09 bits per heavy atom. The number of carbonyl (C=O) groups excluding carboxylic acids is 1. The smallest absolute Gasteiger partial charge is 0.232 e. The summed E-state index contributed by atoms with van der Waals surface area (Å²) in [6.07, 6.45) is 4.10. The standard InChI is InChI=1S/C7H8N2O2/c1-11-7-5-8-4-6(9-7)2-3-10/h3-5H,2H2,1H3. The van der Waals surface area contributed by atoms with Gasteiger partial charge in [0.05, 0.1) is 19.0 Å². The van der Waals surface area contributed by atoms with Crippen LogP contribution in [0.25, 0.3) is 0 Å². The molecule has 0 spiro atoms. The molecule has 0 N–H and O–H groups in total. The minimum atomic E-state index is 0.282. The number of ether oxygens (including phenoxy) is 1. The van der Waals surface area contributed by atoms with E-state index in [1.165, 1.54) is 19.5 Å². The second-order valence-electron chi connectivity index (χ2n) is 1.92. The molecule has 1 aromatic heterocycles. The molecular formula is C7H8N2O2. The summed E-state index contributed by atoms with van der Waals surface area (Å²) in [7, 11) is 1.51. The van der Waals surface area contributed by atoms with Gasteiger partial charge in [-0.15, -0.1) is 0 Å². The van der Waals surface area contributed by atoms with Crippen molar-refractivity contribution < 1.29 is 9.53 Å². The molecule has 0 radical (unpaired) electrons. The van der Waals surface area contributed by atoms with Crippen molar-refractivity contribution in [2.24, 2.45) is 0 Å². The lowest BCUT2D eigenvalue weighted by Gasteiger charge is -1.97. The first-order valence-corrected chi connectivity index (χ1v) is 3.15. The van der Waals surface area contributed by atoms with Crippen LogP contribution in [0.2, 0.25) is 0 Å². The third-order valence-electron chi connectivity index (χ3n) is 1.16. The summed E-state index contributed by atoms with van der Waals surface area (Å²) in [4.78, 5) is 17.9. The first kappa shape index (κ1) is 7.65. The normalized spacial score (nSPS) is 9.18. The van der Waals surface area contributed by atoms with Crippen LogP contribution in [0.1, 0.15) is 5.69 Å². The van der Waals surface area contributed by atoms with Crippen molar-refractivity contribution in [1.29, 1.82) is 0 Å². The topological polar surface area (TPSA) is 52.1 Å². The summed E-state index contributed by atoms with van der Waals surface area (Å²) in [6.45, 7) is 0. The van der Waals surface area contributed by atoms with E-state index in [1.54, 1.807) is 0 Å². The zero-order chi connectivity index (χ0) is 8.10. The Balaban J connectivity index is 2.82. The number of aromatic nitrogens is 2. The highest BCUT2D eigenvalue weighted by atomic mass is 16.5. The number of nitrogens with zero attached hydrogens (tertiary/aromatic N) is 2. The Hall–Kier alpha value is -1.45. The van der Waals surface area contributed by atoms with E-state index in [1.807, 2.05) is 0 Å². The predicted molar refractivity (Wildman–Crippen MR) is 38.4 cm³/mol. The fourth-order valence-electron chi connectivity index (χ4n) is 0.668. The number of aldehydes is 1. The highest BCUT2D eigenvalue weighted by Gasteiger charge is 1.95. The molecule has 1 rings (SSSR count). The average molecular weight is 152 g/mol. The third kappa shape index (κ3) is 2.00. The molecule has 1 heterocycles. The van der Waals surface area contributed by atoms with Gasteiger partial charge < -0.3 is 9.53 Å². The summed E-state index contributed by atoms with van der Waals surface area (Å²) >= 11 is 0. The second kappa shape index (κ2) is 3.65. The molecule has 0 aliphatic carbocycles. The number of rotatable bonds is 3. The van der Waals surface area contributed by atoms with Gasteiger partial charge >= 0.3 is 0 Å². The minimum absolute atomic E-state index is 0.282. The summed E-state index contributed by atoms with van der Waals surface area (Å²) in [5.74, 6) is 0.435. The lowest BCUT2D eigenvalue weighted by atomic mass is 10.3. The van der Waals surface area contributed by atoms with Crippen molar-refractivity contribution in [1.82, 2.24) is 9.97 Å². The van der Waals surface area contributed by atoms with Crippen LogP contribution in [-0.4, -0.2) is 23.4 Å². The zero-order valence-electron chi connectivity index (χ0n) is 6.15. The van der Waals surface area contributed by atoms with Gasteiger partial charge in [0, 0.05) is 12.6 Å². The van der Waals surface area contributed by atoms with Crippen molar-refractivity contribution >= 4 is 6.29 Å². The van der Waals surface area contributed by atoms with Crippen LogP contribution < -0.4 is 4.74 Å². The summed E-state index contributed by atoms with van der Waals surface area (Å²) < 4.78 is 4.81. The van der Waals surface area contributed by atoms with E-state index in [9.17, 15) is 4.79 Å². The van der Waals surface area contributed by atoms with Gasteiger partial charge in [-0.25, -0.2) is 4.98 Å². The highest BCUT2D eigenvalue weighted by molar-refractivity contribution is 5.53. The van der Waals surface area contributed by atoms with E-state index in [2.05, 4.69) is 9.97 Å². The van der Waals surface area contributed by atoms with Gasteiger partial charge in [0.2, 0.25) is 5.88 Å². The molecule has 1 aromatic rings. The lowest BCUT2D eigenvalue weighted by molar-refractivity contribution is -0.107. The quantitative estimate of drug-likeness (QED) is 0.581. The van der Waals surface area contributed by atoms with Crippen LogP contribution in [-0.2, 0) is 11.2 Å². The Labute approximate surface area is 64.2 Å². The largest absolute Gasteiger partial charge is 0.480 e. The SMILES string of the molecule is COc1cncc(CC=O)n1. The van der Waals surface area contributed by atoms with E-state index in [-0.39, 0.29) is 6.42 Å². The van der Waals surface area contributed by atoms with Crippen LogP contribution in [0.4, 0.5) is 0 Å². The fraction of sp³-hybridized carbons (Fsp3) is 0.286. The molecule has 4 nitrogen and oxygen atoms in total. The molecule has 0 saturated carbocycles. The Morgan fingerprint density at radius 2 is 2.45 bits per heavy atom. The van der Waals surface area contributed by atoms with Gasteiger partial charge in [-0.2, -0.15) is 0 Å². The molecule has 0 aromatic carbocycles.